The maximum Gasteiger partial charge on any atom is 0.221 e. The van der Waals surface area contributed by atoms with E-state index in [9.17, 15) is 4.79 Å². The fraction of sp³-hybridized carbons (Fsp3) is 0.786. The molecule has 3 heteroatoms. The Morgan fingerprint density at radius 3 is 3.06 bits per heavy atom. The van der Waals surface area contributed by atoms with Gasteiger partial charge in [0.1, 0.15) is 0 Å². The first-order valence-corrected chi connectivity index (χ1v) is 7.02. The lowest BCUT2D eigenvalue weighted by Crippen LogP contribution is -2.32. The van der Waals surface area contributed by atoms with E-state index in [0.29, 0.717) is 12.5 Å². The van der Waals surface area contributed by atoms with Gasteiger partial charge in [-0.05, 0) is 51.5 Å². The lowest BCUT2D eigenvalue weighted by molar-refractivity contribution is -0.121. The highest BCUT2D eigenvalue weighted by molar-refractivity contribution is 5.76. The minimum absolute atomic E-state index is 0.209. The van der Waals surface area contributed by atoms with Crippen molar-refractivity contribution in [3.63, 3.8) is 0 Å². The topological polar surface area (TPSA) is 41.1 Å². The van der Waals surface area contributed by atoms with Crippen molar-refractivity contribution in [3.05, 3.63) is 11.6 Å². The maximum atomic E-state index is 11.7. The molecular weight excluding hydrogens is 212 g/mol. The molecule has 1 unspecified atom stereocenters. The molecule has 0 aromatic rings. The van der Waals surface area contributed by atoms with E-state index in [-0.39, 0.29) is 5.91 Å². The normalized spacial score (nSPS) is 24.5. The van der Waals surface area contributed by atoms with Crippen LogP contribution in [-0.4, -0.2) is 25.0 Å². The van der Waals surface area contributed by atoms with E-state index >= 15 is 0 Å². The summed E-state index contributed by atoms with van der Waals surface area (Å²) in [5.74, 6) is 0.209. The molecule has 1 aliphatic heterocycles. The number of hydrogen-bond donors (Lipinski definition) is 2. The largest absolute Gasteiger partial charge is 0.356 e. The van der Waals surface area contributed by atoms with Crippen molar-refractivity contribution in [1.82, 2.24) is 10.6 Å². The van der Waals surface area contributed by atoms with Crippen LogP contribution in [0.5, 0.6) is 0 Å². The molecular formula is C14H24N2O. The lowest BCUT2D eigenvalue weighted by Gasteiger charge is -2.14. The molecule has 17 heavy (non-hydrogen) atoms. The fourth-order valence-electron chi connectivity index (χ4n) is 2.72. The van der Waals surface area contributed by atoms with Crippen LogP contribution in [0.2, 0.25) is 0 Å². The third-order valence-corrected chi connectivity index (χ3v) is 3.75. The van der Waals surface area contributed by atoms with Gasteiger partial charge in [0.15, 0.2) is 0 Å². The molecule has 1 heterocycles. The summed E-state index contributed by atoms with van der Waals surface area (Å²) in [6.07, 6.45) is 11.5. The Morgan fingerprint density at radius 2 is 2.35 bits per heavy atom. The van der Waals surface area contributed by atoms with Crippen molar-refractivity contribution in [3.8, 4) is 0 Å². The van der Waals surface area contributed by atoms with Gasteiger partial charge in [0.2, 0.25) is 5.91 Å². The SMILES string of the molecule is O=C(CC1CCCN1)NCCC1=CCCCC1. The van der Waals surface area contributed by atoms with Crippen LogP contribution >= 0.6 is 0 Å². The number of carbonyl (C=O) groups excluding carboxylic acids is 1. The van der Waals surface area contributed by atoms with Gasteiger partial charge in [-0.25, -0.2) is 0 Å². The summed E-state index contributed by atoms with van der Waals surface area (Å²) in [5.41, 5.74) is 1.54. The van der Waals surface area contributed by atoms with Gasteiger partial charge < -0.3 is 10.6 Å². The summed E-state index contributed by atoms with van der Waals surface area (Å²) in [5, 5.41) is 6.39. The van der Waals surface area contributed by atoms with Gasteiger partial charge in [-0.3, -0.25) is 4.79 Å². The van der Waals surface area contributed by atoms with Crippen LogP contribution in [0, 0.1) is 0 Å². The smallest absolute Gasteiger partial charge is 0.221 e. The minimum Gasteiger partial charge on any atom is -0.356 e. The maximum absolute atomic E-state index is 11.7. The van der Waals surface area contributed by atoms with Crippen molar-refractivity contribution in [2.75, 3.05) is 13.1 Å². The molecule has 1 atom stereocenters. The zero-order chi connectivity index (χ0) is 11.9. The highest BCUT2D eigenvalue weighted by Gasteiger charge is 2.17. The van der Waals surface area contributed by atoms with Crippen molar-refractivity contribution in [1.29, 1.82) is 0 Å². The Balaban J connectivity index is 1.57. The van der Waals surface area contributed by atoms with Crippen LogP contribution in [0.15, 0.2) is 11.6 Å². The molecule has 0 spiro atoms. The Labute approximate surface area is 104 Å². The van der Waals surface area contributed by atoms with Crippen molar-refractivity contribution in [2.24, 2.45) is 0 Å². The highest BCUT2D eigenvalue weighted by atomic mass is 16.1. The summed E-state index contributed by atoms with van der Waals surface area (Å²) in [6, 6.07) is 0.420. The Bertz CT molecular complexity index is 280. The molecule has 0 bridgehead atoms. The van der Waals surface area contributed by atoms with Gasteiger partial charge in [-0.2, -0.15) is 0 Å². The second-order valence-corrected chi connectivity index (χ2v) is 5.21. The number of nitrogens with one attached hydrogen (secondary N) is 2. The molecule has 0 aromatic carbocycles. The zero-order valence-electron chi connectivity index (χ0n) is 10.6. The Kier molecular flexibility index (Phi) is 5.05. The summed E-state index contributed by atoms with van der Waals surface area (Å²) in [6.45, 7) is 1.89. The molecule has 0 radical (unpaired) electrons. The molecule has 2 aliphatic rings. The van der Waals surface area contributed by atoms with E-state index in [2.05, 4.69) is 16.7 Å². The van der Waals surface area contributed by atoms with Crippen LogP contribution in [0.1, 0.15) is 51.4 Å². The molecule has 0 saturated carbocycles. The van der Waals surface area contributed by atoms with Crippen LogP contribution in [-0.2, 0) is 4.79 Å². The van der Waals surface area contributed by atoms with Crippen molar-refractivity contribution < 1.29 is 4.79 Å². The van der Waals surface area contributed by atoms with Gasteiger partial charge >= 0.3 is 0 Å². The molecule has 2 rings (SSSR count). The molecule has 96 valence electrons. The predicted octanol–water partition coefficient (Wildman–Crippen LogP) is 2.14. The van der Waals surface area contributed by atoms with E-state index in [1.165, 1.54) is 37.7 Å². The van der Waals surface area contributed by atoms with Crippen LogP contribution in [0.25, 0.3) is 0 Å². The third kappa shape index (κ3) is 4.50. The van der Waals surface area contributed by atoms with Crippen LogP contribution in [0.4, 0.5) is 0 Å². The van der Waals surface area contributed by atoms with Gasteiger partial charge in [-0.1, -0.05) is 11.6 Å². The number of amides is 1. The van der Waals surface area contributed by atoms with Crippen molar-refractivity contribution >= 4 is 5.91 Å². The number of allylic oxidation sites excluding steroid dienone is 1. The van der Waals surface area contributed by atoms with Crippen LogP contribution in [0.3, 0.4) is 0 Å². The second kappa shape index (κ2) is 6.80. The molecule has 1 aliphatic carbocycles. The number of rotatable bonds is 5. The highest BCUT2D eigenvalue weighted by Crippen LogP contribution is 2.19. The first-order chi connectivity index (χ1) is 8.34. The summed E-state index contributed by atoms with van der Waals surface area (Å²) in [7, 11) is 0. The van der Waals surface area contributed by atoms with E-state index < -0.39 is 0 Å². The molecule has 1 saturated heterocycles. The van der Waals surface area contributed by atoms with E-state index in [1.807, 2.05) is 0 Å². The average molecular weight is 236 g/mol. The summed E-state index contributed by atoms with van der Waals surface area (Å²) >= 11 is 0. The van der Waals surface area contributed by atoms with E-state index in [0.717, 1.165) is 25.9 Å². The standard InChI is InChI=1S/C14H24N2O/c17-14(11-13-7-4-9-15-13)16-10-8-12-5-2-1-3-6-12/h5,13,15H,1-4,6-11H2,(H,16,17). The minimum atomic E-state index is 0.209. The van der Waals surface area contributed by atoms with Crippen molar-refractivity contribution in [2.45, 2.75) is 57.4 Å². The average Bonchev–Trinajstić information content (AvgIpc) is 2.83. The Morgan fingerprint density at radius 1 is 1.41 bits per heavy atom. The molecule has 0 aromatic heterocycles. The zero-order valence-corrected chi connectivity index (χ0v) is 10.6. The summed E-state index contributed by atoms with van der Waals surface area (Å²) in [4.78, 5) is 11.7. The Hall–Kier alpha value is -0.830. The molecule has 1 amide bonds. The number of hydrogen-bond acceptors (Lipinski definition) is 2. The first kappa shape index (κ1) is 12.6. The monoisotopic (exact) mass is 236 g/mol. The van der Waals surface area contributed by atoms with E-state index in [4.69, 9.17) is 0 Å². The van der Waals surface area contributed by atoms with Gasteiger partial charge in [-0.15, -0.1) is 0 Å². The molecule has 3 nitrogen and oxygen atoms in total. The quantitative estimate of drug-likeness (QED) is 0.718. The first-order valence-electron chi connectivity index (χ1n) is 7.02. The van der Waals surface area contributed by atoms with Crippen LogP contribution < -0.4 is 10.6 Å². The van der Waals surface area contributed by atoms with E-state index in [1.54, 1.807) is 0 Å². The van der Waals surface area contributed by atoms with Gasteiger partial charge in [0, 0.05) is 19.0 Å². The second-order valence-electron chi connectivity index (χ2n) is 5.21. The molecule has 2 N–H and O–H groups in total. The third-order valence-electron chi connectivity index (χ3n) is 3.75. The van der Waals surface area contributed by atoms with Gasteiger partial charge in [0.05, 0.1) is 0 Å². The molecule has 1 fully saturated rings. The fourth-order valence-corrected chi connectivity index (χ4v) is 2.72. The summed E-state index contributed by atoms with van der Waals surface area (Å²) < 4.78 is 0. The predicted molar refractivity (Wildman–Crippen MR) is 69.8 cm³/mol. The number of carbonyl (C=O) groups is 1. The van der Waals surface area contributed by atoms with Gasteiger partial charge in [0.25, 0.3) is 0 Å². The lowest BCUT2D eigenvalue weighted by atomic mass is 9.97.